The summed E-state index contributed by atoms with van der Waals surface area (Å²) in [7, 11) is 0. The number of benzene rings is 1. The summed E-state index contributed by atoms with van der Waals surface area (Å²) in [5.74, 6) is -0.531. The highest BCUT2D eigenvalue weighted by Gasteiger charge is 2.08. The minimum absolute atomic E-state index is 0.258. The number of allylic oxidation sites excluding steroid dienone is 1. The van der Waals surface area contributed by atoms with E-state index >= 15 is 0 Å². The maximum atomic E-state index is 11.7. The van der Waals surface area contributed by atoms with E-state index in [0.29, 0.717) is 17.9 Å². The Morgan fingerprint density at radius 3 is 2.56 bits per heavy atom. The Kier molecular flexibility index (Phi) is 4.39. The Labute approximate surface area is 94.6 Å². The van der Waals surface area contributed by atoms with Crippen LogP contribution in [0.3, 0.4) is 0 Å². The molecular formula is C12H15NO3. The van der Waals surface area contributed by atoms with Crippen LogP contribution in [-0.4, -0.2) is 17.6 Å². The molecule has 0 atom stereocenters. The van der Waals surface area contributed by atoms with Crippen LogP contribution in [0.5, 0.6) is 0 Å². The van der Waals surface area contributed by atoms with Gasteiger partial charge in [0.25, 0.3) is 11.9 Å². The largest absolute Gasteiger partial charge is 0.480 e. The van der Waals surface area contributed by atoms with Crippen LogP contribution in [0.25, 0.3) is 0 Å². The van der Waals surface area contributed by atoms with Gasteiger partial charge in [0.15, 0.2) is 0 Å². The molecule has 16 heavy (non-hydrogen) atoms. The molecular weight excluding hydrogens is 206 g/mol. The van der Waals surface area contributed by atoms with Gasteiger partial charge in [-0.25, -0.2) is 0 Å². The van der Waals surface area contributed by atoms with Crippen molar-refractivity contribution in [3.05, 3.63) is 47.5 Å². The number of nitrogens with one attached hydrogen (secondary N) is 1. The third-order valence-corrected chi connectivity index (χ3v) is 1.94. The zero-order valence-corrected chi connectivity index (χ0v) is 9.36. The summed E-state index contributed by atoms with van der Waals surface area (Å²) in [4.78, 5) is 11.7. The lowest BCUT2D eigenvalue weighted by Crippen LogP contribution is -2.23. The highest BCUT2D eigenvalue weighted by Crippen LogP contribution is 2.03. The number of aliphatic hydroxyl groups is 1. The van der Waals surface area contributed by atoms with Crippen LogP contribution >= 0.6 is 0 Å². The molecule has 0 saturated heterocycles. The second-order valence-corrected chi connectivity index (χ2v) is 3.18. The molecule has 86 valence electrons. The topological polar surface area (TPSA) is 58.6 Å². The fourth-order valence-electron chi connectivity index (χ4n) is 1.13. The van der Waals surface area contributed by atoms with Gasteiger partial charge in [0, 0.05) is 5.56 Å². The van der Waals surface area contributed by atoms with Crippen molar-refractivity contribution in [1.29, 1.82) is 0 Å². The van der Waals surface area contributed by atoms with Crippen molar-refractivity contribution >= 4 is 5.91 Å². The van der Waals surface area contributed by atoms with Crippen LogP contribution in [0, 0.1) is 0 Å². The van der Waals surface area contributed by atoms with Crippen LogP contribution in [0.4, 0.5) is 0 Å². The molecule has 4 heteroatoms. The van der Waals surface area contributed by atoms with Crippen molar-refractivity contribution in [1.82, 2.24) is 5.32 Å². The number of ether oxygens (including phenoxy) is 1. The molecule has 0 heterocycles. The molecule has 2 N–H and O–H groups in total. The Bertz CT molecular complexity index is 385. The molecule has 0 aliphatic rings. The van der Waals surface area contributed by atoms with E-state index in [4.69, 9.17) is 4.74 Å². The molecule has 0 saturated carbocycles. The van der Waals surface area contributed by atoms with Gasteiger partial charge in [-0.2, -0.15) is 0 Å². The maximum absolute atomic E-state index is 11.7. The Balaban J connectivity index is 2.69. The first-order valence-electron chi connectivity index (χ1n) is 5.04. The van der Waals surface area contributed by atoms with Crippen molar-refractivity contribution in [3.63, 3.8) is 0 Å². The molecule has 4 nitrogen and oxygen atoms in total. The van der Waals surface area contributed by atoms with Gasteiger partial charge >= 0.3 is 0 Å². The first-order valence-corrected chi connectivity index (χ1v) is 5.04. The zero-order chi connectivity index (χ0) is 12.0. The van der Waals surface area contributed by atoms with Crippen molar-refractivity contribution in [3.8, 4) is 0 Å². The molecule has 1 aromatic carbocycles. The number of aliphatic hydroxyl groups excluding tert-OH is 1. The normalized spacial score (nSPS) is 11.6. The number of carbonyl (C=O) groups excluding carboxylic acids is 1. The maximum Gasteiger partial charge on any atom is 0.296 e. The first-order chi connectivity index (χ1) is 7.65. The van der Waals surface area contributed by atoms with Crippen LogP contribution in [0.1, 0.15) is 24.2 Å². The molecule has 0 bridgehead atoms. The summed E-state index contributed by atoms with van der Waals surface area (Å²) in [5, 5.41) is 11.9. The van der Waals surface area contributed by atoms with Crippen molar-refractivity contribution in [2.45, 2.75) is 13.8 Å². The molecule has 0 fully saturated rings. The minimum atomic E-state index is -0.274. The smallest absolute Gasteiger partial charge is 0.296 e. The van der Waals surface area contributed by atoms with Crippen LogP contribution in [0.2, 0.25) is 0 Å². The Morgan fingerprint density at radius 1 is 1.38 bits per heavy atom. The average molecular weight is 221 g/mol. The average Bonchev–Trinajstić information content (AvgIpc) is 2.30. The number of rotatable bonds is 4. The second-order valence-electron chi connectivity index (χ2n) is 3.18. The lowest BCUT2D eigenvalue weighted by molar-refractivity contribution is 0.0875. The summed E-state index contributed by atoms with van der Waals surface area (Å²) in [6.45, 7) is 3.68. The Morgan fingerprint density at radius 2 is 2.00 bits per heavy atom. The van der Waals surface area contributed by atoms with Crippen molar-refractivity contribution in [2.24, 2.45) is 0 Å². The molecule has 0 aliphatic heterocycles. The van der Waals surface area contributed by atoms with Gasteiger partial charge in [0.05, 0.1) is 12.3 Å². The quantitative estimate of drug-likeness (QED) is 0.766. The predicted molar refractivity (Wildman–Crippen MR) is 60.9 cm³/mol. The SMILES string of the molecule is CCO/C(O)=C(\C)NC(=O)c1ccccc1. The number of amides is 1. The first kappa shape index (κ1) is 12.1. The molecule has 1 rings (SSSR count). The predicted octanol–water partition coefficient (Wildman–Crippen LogP) is 2.20. The summed E-state index contributed by atoms with van der Waals surface area (Å²) < 4.78 is 4.86. The standard InChI is InChI=1S/C12H15NO3/c1-3-16-12(15)9(2)13-11(14)10-7-5-4-6-8-10/h4-8,15H,3H2,1-2H3,(H,13,14)/b12-9+. The van der Waals surface area contributed by atoms with Gasteiger partial charge in [-0.05, 0) is 26.0 Å². The van der Waals surface area contributed by atoms with Crippen molar-refractivity contribution in [2.75, 3.05) is 6.61 Å². The van der Waals surface area contributed by atoms with Gasteiger partial charge in [-0.3, -0.25) is 4.79 Å². The third kappa shape index (κ3) is 3.31. The van der Waals surface area contributed by atoms with E-state index in [1.54, 1.807) is 38.1 Å². The molecule has 1 amide bonds. The lowest BCUT2D eigenvalue weighted by atomic mass is 10.2. The summed E-state index contributed by atoms with van der Waals surface area (Å²) in [5.41, 5.74) is 0.835. The Hall–Kier alpha value is -1.97. The number of carbonyl (C=O) groups is 1. The zero-order valence-electron chi connectivity index (χ0n) is 9.36. The summed E-state index contributed by atoms with van der Waals surface area (Å²) in [6, 6.07) is 8.77. The van der Waals surface area contributed by atoms with E-state index in [0.717, 1.165) is 0 Å². The van der Waals surface area contributed by atoms with Gasteiger partial charge < -0.3 is 15.2 Å². The summed E-state index contributed by atoms with van der Waals surface area (Å²) in [6.07, 6.45) is 0. The third-order valence-electron chi connectivity index (χ3n) is 1.94. The van der Waals surface area contributed by atoms with E-state index in [2.05, 4.69) is 5.32 Å². The van der Waals surface area contributed by atoms with Crippen LogP contribution in [0.15, 0.2) is 42.0 Å². The molecule has 0 radical (unpaired) electrons. The van der Waals surface area contributed by atoms with Gasteiger partial charge in [-0.1, -0.05) is 18.2 Å². The minimum Gasteiger partial charge on any atom is -0.480 e. The fourth-order valence-corrected chi connectivity index (χ4v) is 1.13. The molecule has 0 spiro atoms. The molecule has 1 aromatic rings. The highest BCUT2D eigenvalue weighted by molar-refractivity contribution is 5.95. The highest BCUT2D eigenvalue weighted by atomic mass is 16.6. The lowest BCUT2D eigenvalue weighted by Gasteiger charge is -2.08. The number of hydrogen-bond acceptors (Lipinski definition) is 3. The van der Waals surface area contributed by atoms with Crippen LogP contribution < -0.4 is 5.32 Å². The van der Waals surface area contributed by atoms with Gasteiger partial charge in [0.2, 0.25) is 0 Å². The van der Waals surface area contributed by atoms with E-state index in [-0.39, 0.29) is 11.9 Å². The van der Waals surface area contributed by atoms with E-state index in [1.165, 1.54) is 0 Å². The number of hydrogen-bond donors (Lipinski definition) is 2. The van der Waals surface area contributed by atoms with Crippen LogP contribution in [-0.2, 0) is 4.74 Å². The monoisotopic (exact) mass is 221 g/mol. The van der Waals surface area contributed by atoms with E-state index < -0.39 is 0 Å². The summed E-state index contributed by atoms with van der Waals surface area (Å²) >= 11 is 0. The fraction of sp³-hybridized carbons (Fsp3) is 0.250. The van der Waals surface area contributed by atoms with Crippen molar-refractivity contribution < 1.29 is 14.6 Å². The second kappa shape index (κ2) is 5.80. The molecule has 0 aliphatic carbocycles. The van der Waals surface area contributed by atoms with E-state index in [9.17, 15) is 9.90 Å². The molecule has 0 unspecified atom stereocenters. The van der Waals surface area contributed by atoms with Gasteiger partial charge in [-0.15, -0.1) is 0 Å². The molecule has 0 aromatic heterocycles. The van der Waals surface area contributed by atoms with E-state index in [1.807, 2.05) is 6.07 Å². The van der Waals surface area contributed by atoms with Gasteiger partial charge in [0.1, 0.15) is 0 Å².